The van der Waals surface area contributed by atoms with Crippen LogP contribution in [0, 0.1) is 12.8 Å². The van der Waals surface area contributed by atoms with E-state index < -0.39 is 0 Å². The molecule has 0 atom stereocenters. The number of halogens is 1. The Morgan fingerprint density at radius 2 is 1.81 bits per heavy atom. The summed E-state index contributed by atoms with van der Waals surface area (Å²) < 4.78 is 0. The molecule has 1 aromatic carbocycles. The lowest BCUT2D eigenvalue weighted by molar-refractivity contribution is -0.123. The molecule has 1 aliphatic rings. The summed E-state index contributed by atoms with van der Waals surface area (Å²) in [5.74, 6) is 1.03. The van der Waals surface area contributed by atoms with Gasteiger partial charge in [0.05, 0.1) is 0 Å². The molecule has 1 heterocycles. The third-order valence-corrected chi connectivity index (χ3v) is 4.60. The molecule has 1 fully saturated rings. The molecule has 1 amide bonds. The number of hydrogen-bond donors (Lipinski definition) is 2. The fourth-order valence-electron chi connectivity index (χ4n) is 3.08. The van der Waals surface area contributed by atoms with Gasteiger partial charge in [-0.05, 0) is 12.5 Å². The van der Waals surface area contributed by atoms with Crippen LogP contribution in [0.5, 0.6) is 0 Å². The average Bonchev–Trinajstić information content (AvgIpc) is 2.62. The summed E-state index contributed by atoms with van der Waals surface area (Å²) in [5, 5.41) is 6.27. The minimum absolute atomic E-state index is 0. The standard InChI is InChI=1S/C20H33N5O.HI/c1-16(2)19(26)22-8-9-23-20(21-4)25-12-10-24(11-13-25)15-18-7-5-6-17(3)14-18;/h5-7,14,16H,8-13,15H2,1-4H3,(H,21,23)(H,22,26);1H. The molecule has 0 saturated carbocycles. The summed E-state index contributed by atoms with van der Waals surface area (Å²) in [5.41, 5.74) is 2.69. The molecule has 0 aromatic heterocycles. The number of amides is 1. The maximum atomic E-state index is 11.6. The number of hydrogen-bond acceptors (Lipinski definition) is 3. The molecule has 0 radical (unpaired) electrons. The van der Waals surface area contributed by atoms with E-state index in [1.54, 1.807) is 0 Å². The van der Waals surface area contributed by atoms with Crippen LogP contribution in [0.2, 0.25) is 0 Å². The first-order valence-corrected chi connectivity index (χ1v) is 9.51. The lowest BCUT2D eigenvalue weighted by Crippen LogP contribution is -2.53. The number of guanidine groups is 1. The van der Waals surface area contributed by atoms with Gasteiger partial charge in [0.1, 0.15) is 0 Å². The van der Waals surface area contributed by atoms with E-state index in [2.05, 4.69) is 56.6 Å². The van der Waals surface area contributed by atoms with Crippen LogP contribution in [-0.4, -0.2) is 68.0 Å². The molecule has 1 saturated heterocycles. The molecule has 2 N–H and O–H groups in total. The predicted molar refractivity (Wildman–Crippen MR) is 123 cm³/mol. The number of aliphatic imine (C=N–C) groups is 1. The monoisotopic (exact) mass is 487 g/mol. The quantitative estimate of drug-likeness (QED) is 0.279. The number of benzene rings is 1. The topological polar surface area (TPSA) is 60.0 Å². The van der Waals surface area contributed by atoms with Crippen LogP contribution in [0.15, 0.2) is 29.3 Å². The molecule has 2 rings (SSSR count). The summed E-state index contributed by atoms with van der Waals surface area (Å²) in [6.45, 7) is 12.2. The number of piperazine rings is 1. The Kier molecular flexibility index (Phi) is 10.7. The second-order valence-electron chi connectivity index (χ2n) is 7.17. The Hall–Kier alpha value is -1.35. The minimum Gasteiger partial charge on any atom is -0.354 e. The van der Waals surface area contributed by atoms with E-state index in [9.17, 15) is 4.79 Å². The lowest BCUT2D eigenvalue weighted by Gasteiger charge is -2.36. The summed E-state index contributed by atoms with van der Waals surface area (Å²) >= 11 is 0. The van der Waals surface area contributed by atoms with Crippen LogP contribution in [0.3, 0.4) is 0 Å². The Bertz CT molecular complexity index is 612. The first-order chi connectivity index (χ1) is 12.5. The maximum absolute atomic E-state index is 11.6. The maximum Gasteiger partial charge on any atom is 0.222 e. The van der Waals surface area contributed by atoms with Crippen molar-refractivity contribution >= 4 is 35.8 Å². The lowest BCUT2D eigenvalue weighted by atomic mass is 10.1. The Morgan fingerprint density at radius 1 is 1.15 bits per heavy atom. The van der Waals surface area contributed by atoms with Crippen molar-refractivity contribution < 1.29 is 4.79 Å². The van der Waals surface area contributed by atoms with Gasteiger partial charge in [-0.3, -0.25) is 14.7 Å². The highest BCUT2D eigenvalue weighted by Gasteiger charge is 2.19. The molecule has 152 valence electrons. The van der Waals surface area contributed by atoms with Crippen molar-refractivity contribution in [2.45, 2.75) is 27.3 Å². The Morgan fingerprint density at radius 3 is 2.41 bits per heavy atom. The van der Waals surface area contributed by atoms with Crippen LogP contribution in [0.1, 0.15) is 25.0 Å². The van der Waals surface area contributed by atoms with E-state index in [0.29, 0.717) is 13.1 Å². The Labute approximate surface area is 180 Å². The first kappa shape index (κ1) is 23.7. The molecule has 0 bridgehead atoms. The number of nitrogens with zero attached hydrogens (tertiary/aromatic N) is 3. The normalized spacial score (nSPS) is 15.4. The Balaban J connectivity index is 0.00000364. The van der Waals surface area contributed by atoms with Gasteiger partial charge in [-0.25, -0.2) is 0 Å². The van der Waals surface area contributed by atoms with Gasteiger partial charge >= 0.3 is 0 Å². The van der Waals surface area contributed by atoms with E-state index in [0.717, 1.165) is 38.7 Å². The molecule has 6 nitrogen and oxygen atoms in total. The number of carbonyl (C=O) groups excluding carboxylic acids is 1. The molecule has 0 spiro atoms. The van der Waals surface area contributed by atoms with Gasteiger partial charge in [0.25, 0.3) is 0 Å². The fraction of sp³-hybridized carbons (Fsp3) is 0.600. The summed E-state index contributed by atoms with van der Waals surface area (Å²) in [7, 11) is 1.81. The highest BCUT2D eigenvalue weighted by molar-refractivity contribution is 14.0. The van der Waals surface area contributed by atoms with Crippen LogP contribution < -0.4 is 10.6 Å². The van der Waals surface area contributed by atoms with E-state index >= 15 is 0 Å². The van der Waals surface area contributed by atoms with Gasteiger partial charge in [0, 0.05) is 58.8 Å². The van der Waals surface area contributed by atoms with Crippen molar-refractivity contribution in [1.29, 1.82) is 0 Å². The molecular weight excluding hydrogens is 453 g/mol. The largest absolute Gasteiger partial charge is 0.354 e. The molecule has 1 aromatic rings. The molecule has 1 aliphatic heterocycles. The zero-order valence-electron chi connectivity index (χ0n) is 17.0. The van der Waals surface area contributed by atoms with Gasteiger partial charge in [-0.15, -0.1) is 24.0 Å². The van der Waals surface area contributed by atoms with Gasteiger partial charge in [0.2, 0.25) is 5.91 Å². The van der Waals surface area contributed by atoms with E-state index in [1.165, 1.54) is 11.1 Å². The van der Waals surface area contributed by atoms with E-state index in [-0.39, 0.29) is 35.8 Å². The molecule has 27 heavy (non-hydrogen) atoms. The minimum atomic E-state index is 0. The van der Waals surface area contributed by atoms with Gasteiger partial charge < -0.3 is 15.5 Å². The highest BCUT2D eigenvalue weighted by atomic mass is 127. The molecule has 7 heteroatoms. The van der Waals surface area contributed by atoms with E-state index in [1.807, 2.05) is 20.9 Å². The first-order valence-electron chi connectivity index (χ1n) is 9.51. The number of aryl methyl sites for hydroxylation is 1. The van der Waals surface area contributed by atoms with Crippen LogP contribution in [-0.2, 0) is 11.3 Å². The molecule has 0 aliphatic carbocycles. The summed E-state index contributed by atoms with van der Waals surface area (Å²) in [4.78, 5) is 20.7. The third kappa shape index (κ3) is 8.04. The fourth-order valence-corrected chi connectivity index (χ4v) is 3.08. The predicted octanol–water partition coefficient (Wildman–Crippen LogP) is 2.08. The number of nitrogens with one attached hydrogen (secondary N) is 2. The summed E-state index contributed by atoms with van der Waals surface area (Å²) in [6.07, 6.45) is 0. The number of rotatable bonds is 6. The van der Waals surface area contributed by atoms with Crippen molar-refractivity contribution in [1.82, 2.24) is 20.4 Å². The highest BCUT2D eigenvalue weighted by Crippen LogP contribution is 2.10. The smallest absolute Gasteiger partial charge is 0.222 e. The van der Waals surface area contributed by atoms with Crippen LogP contribution in [0.25, 0.3) is 0 Å². The molecular formula is C20H34IN5O. The third-order valence-electron chi connectivity index (χ3n) is 4.60. The average molecular weight is 487 g/mol. The van der Waals surface area contributed by atoms with Crippen molar-refractivity contribution in [3.8, 4) is 0 Å². The van der Waals surface area contributed by atoms with Crippen LogP contribution >= 0.6 is 24.0 Å². The van der Waals surface area contributed by atoms with Crippen molar-refractivity contribution in [2.24, 2.45) is 10.9 Å². The second-order valence-corrected chi connectivity index (χ2v) is 7.17. The SMILES string of the molecule is CN=C(NCCNC(=O)C(C)C)N1CCN(Cc2cccc(C)c2)CC1.I. The summed E-state index contributed by atoms with van der Waals surface area (Å²) in [6, 6.07) is 8.73. The van der Waals surface area contributed by atoms with E-state index in [4.69, 9.17) is 0 Å². The zero-order valence-corrected chi connectivity index (χ0v) is 19.3. The second kappa shape index (κ2) is 12.2. The number of carbonyl (C=O) groups is 1. The van der Waals surface area contributed by atoms with Crippen molar-refractivity contribution in [3.63, 3.8) is 0 Å². The van der Waals surface area contributed by atoms with Gasteiger partial charge in [-0.2, -0.15) is 0 Å². The van der Waals surface area contributed by atoms with Crippen molar-refractivity contribution in [2.75, 3.05) is 46.3 Å². The molecule has 0 unspecified atom stereocenters. The zero-order chi connectivity index (χ0) is 18.9. The van der Waals surface area contributed by atoms with Crippen LogP contribution in [0.4, 0.5) is 0 Å². The van der Waals surface area contributed by atoms with Gasteiger partial charge in [0.15, 0.2) is 5.96 Å². The van der Waals surface area contributed by atoms with Gasteiger partial charge in [-0.1, -0.05) is 43.7 Å². The van der Waals surface area contributed by atoms with Crippen molar-refractivity contribution in [3.05, 3.63) is 35.4 Å².